The highest BCUT2D eigenvalue weighted by atomic mass is 16.3. The highest BCUT2D eigenvalue weighted by Gasteiger charge is 2.25. The summed E-state index contributed by atoms with van der Waals surface area (Å²) in [6, 6.07) is 19.8. The van der Waals surface area contributed by atoms with E-state index in [0.29, 0.717) is 12.1 Å². The van der Waals surface area contributed by atoms with Crippen molar-refractivity contribution in [1.82, 2.24) is 10.6 Å². The lowest BCUT2D eigenvalue weighted by atomic mass is 9.92. The summed E-state index contributed by atoms with van der Waals surface area (Å²) in [6.45, 7) is 1.83. The van der Waals surface area contributed by atoms with E-state index in [-0.39, 0.29) is 0 Å². The van der Waals surface area contributed by atoms with E-state index in [0.717, 1.165) is 41.6 Å². The lowest BCUT2D eigenvalue weighted by Gasteiger charge is -2.34. The molecule has 142 valence electrons. The van der Waals surface area contributed by atoms with Crippen LogP contribution < -0.4 is 10.6 Å². The lowest BCUT2D eigenvalue weighted by Crippen LogP contribution is -2.45. The first-order valence-corrected chi connectivity index (χ1v) is 9.93. The van der Waals surface area contributed by atoms with Gasteiger partial charge in [-0.05, 0) is 54.8 Å². The van der Waals surface area contributed by atoms with Crippen LogP contribution in [0.1, 0.15) is 30.0 Å². The van der Waals surface area contributed by atoms with Gasteiger partial charge in [0.05, 0.1) is 18.8 Å². The van der Waals surface area contributed by atoms with Crippen LogP contribution in [0.5, 0.6) is 0 Å². The topological polar surface area (TPSA) is 50.3 Å². The molecular weight excluding hydrogens is 348 g/mol. The Hall–Kier alpha value is -2.82. The van der Waals surface area contributed by atoms with E-state index >= 15 is 0 Å². The smallest absolute Gasteiger partial charge is 0.138 e. The fraction of sp³-hybridized carbons (Fsp3) is 0.250. The second-order valence-corrected chi connectivity index (χ2v) is 7.46. The van der Waals surface area contributed by atoms with Gasteiger partial charge in [0.15, 0.2) is 0 Å². The van der Waals surface area contributed by atoms with Gasteiger partial charge in [0.2, 0.25) is 0 Å². The number of benzene rings is 2. The highest BCUT2D eigenvalue weighted by molar-refractivity contribution is 5.86. The summed E-state index contributed by atoms with van der Waals surface area (Å²) in [4.78, 5) is 0. The Bertz CT molecular complexity index is 1040. The van der Waals surface area contributed by atoms with Crippen LogP contribution in [0.2, 0.25) is 0 Å². The summed E-state index contributed by atoms with van der Waals surface area (Å²) in [5, 5.41) is 8.61. The number of piperidine rings is 1. The van der Waals surface area contributed by atoms with Crippen molar-refractivity contribution in [2.75, 3.05) is 6.54 Å². The molecule has 28 heavy (non-hydrogen) atoms. The predicted molar refractivity (Wildman–Crippen MR) is 111 cm³/mol. The van der Waals surface area contributed by atoms with Crippen molar-refractivity contribution < 1.29 is 8.83 Å². The molecule has 0 unspecified atom stereocenters. The largest absolute Gasteiger partial charge is 0.472 e. The summed E-state index contributed by atoms with van der Waals surface area (Å²) in [6.07, 6.45) is 7.61. The van der Waals surface area contributed by atoms with Crippen molar-refractivity contribution in [2.45, 2.75) is 31.5 Å². The van der Waals surface area contributed by atoms with Gasteiger partial charge in [-0.15, -0.1) is 0 Å². The number of nitrogens with one attached hydrogen (secondary N) is 2. The third-order valence-electron chi connectivity index (χ3n) is 5.65. The van der Waals surface area contributed by atoms with E-state index in [9.17, 15) is 0 Å². The molecule has 3 heterocycles. The SMILES string of the molecule is c1ccc([C@H]2NCCC[C@H]2NCc2cc(-c3ccoc3)cc3ccoc23)cc1. The second-order valence-electron chi connectivity index (χ2n) is 7.46. The molecule has 0 bridgehead atoms. The molecule has 0 amide bonds. The zero-order chi connectivity index (χ0) is 18.8. The zero-order valence-corrected chi connectivity index (χ0v) is 15.7. The minimum Gasteiger partial charge on any atom is -0.472 e. The van der Waals surface area contributed by atoms with Gasteiger partial charge in [0.1, 0.15) is 5.58 Å². The quantitative estimate of drug-likeness (QED) is 0.501. The third-order valence-corrected chi connectivity index (χ3v) is 5.65. The fourth-order valence-electron chi connectivity index (χ4n) is 4.24. The van der Waals surface area contributed by atoms with E-state index in [2.05, 4.69) is 53.1 Å². The van der Waals surface area contributed by atoms with Gasteiger partial charge < -0.3 is 19.5 Å². The summed E-state index contributed by atoms with van der Waals surface area (Å²) >= 11 is 0. The Morgan fingerprint density at radius 1 is 1.00 bits per heavy atom. The molecule has 1 saturated heterocycles. The number of fused-ring (bicyclic) bond motifs is 1. The van der Waals surface area contributed by atoms with Gasteiger partial charge in [-0.2, -0.15) is 0 Å². The Kier molecular flexibility index (Phi) is 4.73. The highest BCUT2D eigenvalue weighted by Crippen LogP contribution is 2.30. The second kappa shape index (κ2) is 7.66. The van der Waals surface area contributed by atoms with Gasteiger partial charge >= 0.3 is 0 Å². The van der Waals surface area contributed by atoms with E-state index < -0.39 is 0 Å². The van der Waals surface area contributed by atoms with Gasteiger partial charge in [-0.3, -0.25) is 0 Å². The molecule has 0 spiro atoms. The molecule has 2 atom stereocenters. The standard InChI is InChI=1S/C24H24N2O2/c1-2-5-17(6-3-1)23-22(7-4-10-25-23)26-15-21-14-20(19-8-11-27-16-19)13-18-9-12-28-24(18)21/h1-3,5-6,8-9,11-14,16,22-23,25-26H,4,7,10,15H2/t22-,23-/m1/s1. The van der Waals surface area contributed by atoms with Crippen molar-refractivity contribution in [3.8, 4) is 11.1 Å². The maximum Gasteiger partial charge on any atom is 0.138 e. The average molecular weight is 372 g/mol. The van der Waals surface area contributed by atoms with Gasteiger partial charge in [0.25, 0.3) is 0 Å². The third kappa shape index (κ3) is 3.37. The maximum absolute atomic E-state index is 5.79. The van der Waals surface area contributed by atoms with Crippen molar-refractivity contribution in [1.29, 1.82) is 0 Å². The molecule has 4 aromatic rings. The van der Waals surface area contributed by atoms with Crippen molar-refractivity contribution >= 4 is 11.0 Å². The molecular formula is C24H24N2O2. The molecule has 0 saturated carbocycles. The van der Waals surface area contributed by atoms with Crippen LogP contribution in [0, 0.1) is 0 Å². The van der Waals surface area contributed by atoms with Gasteiger partial charge in [-0.1, -0.05) is 30.3 Å². The maximum atomic E-state index is 5.79. The summed E-state index contributed by atoms with van der Waals surface area (Å²) < 4.78 is 11.1. The molecule has 2 N–H and O–H groups in total. The molecule has 4 heteroatoms. The summed E-state index contributed by atoms with van der Waals surface area (Å²) in [5.74, 6) is 0. The first-order valence-electron chi connectivity index (χ1n) is 9.93. The van der Waals surface area contributed by atoms with E-state index in [4.69, 9.17) is 8.83 Å². The monoisotopic (exact) mass is 372 g/mol. The van der Waals surface area contributed by atoms with Crippen LogP contribution in [0.15, 0.2) is 82.2 Å². The first-order chi connectivity index (χ1) is 13.9. The normalized spacial score (nSPS) is 19.9. The molecule has 2 aromatic carbocycles. The van der Waals surface area contributed by atoms with Crippen molar-refractivity contribution in [2.24, 2.45) is 0 Å². The van der Waals surface area contributed by atoms with E-state index in [1.54, 1.807) is 18.8 Å². The number of rotatable bonds is 5. The molecule has 1 aliphatic rings. The van der Waals surface area contributed by atoms with Crippen molar-refractivity contribution in [3.05, 3.63) is 84.5 Å². The van der Waals surface area contributed by atoms with E-state index in [1.807, 2.05) is 12.1 Å². The summed E-state index contributed by atoms with van der Waals surface area (Å²) in [7, 11) is 0. The molecule has 0 aliphatic carbocycles. The number of hydrogen-bond donors (Lipinski definition) is 2. The minimum absolute atomic E-state index is 0.332. The van der Waals surface area contributed by atoms with Crippen LogP contribution in [-0.4, -0.2) is 12.6 Å². The molecule has 5 rings (SSSR count). The molecule has 2 aromatic heterocycles. The molecule has 4 nitrogen and oxygen atoms in total. The number of furan rings is 2. The Morgan fingerprint density at radius 2 is 1.93 bits per heavy atom. The van der Waals surface area contributed by atoms with E-state index in [1.165, 1.54) is 17.5 Å². The van der Waals surface area contributed by atoms with Crippen LogP contribution in [0.4, 0.5) is 0 Å². The Morgan fingerprint density at radius 3 is 2.79 bits per heavy atom. The molecule has 1 fully saturated rings. The zero-order valence-electron chi connectivity index (χ0n) is 15.7. The van der Waals surface area contributed by atoms with Crippen molar-refractivity contribution in [3.63, 3.8) is 0 Å². The molecule has 1 aliphatic heterocycles. The predicted octanol–water partition coefficient (Wildman–Crippen LogP) is 5.28. The minimum atomic E-state index is 0.332. The fourth-order valence-corrected chi connectivity index (χ4v) is 4.24. The van der Waals surface area contributed by atoms with Gasteiger partial charge in [-0.25, -0.2) is 0 Å². The first kappa shape index (κ1) is 17.3. The molecule has 0 radical (unpaired) electrons. The van der Waals surface area contributed by atoms with Crippen LogP contribution in [-0.2, 0) is 6.54 Å². The van der Waals surface area contributed by atoms with Crippen LogP contribution >= 0.6 is 0 Å². The van der Waals surface area contributed by atoms with Gasteiger partial charge in [0, 0.05) is 35.1 Å². The lowest BCUT2D eigenvalue weighted by molar-refractivity contribution is 0.304. The van der Waals surface area contributed by atoms with Crippen LogP contribution in [0.3, 0.4) is 0 Å². The van der Waals surface area contributed by atoms with Crippen LogP contribution in [0.25, 0.3) is 22.1 Å². The Labute approximate surface area is 164 Å². The number of hydrogen-bond acceptors (Lipinski definition) is 4. The average Bonchev–Trinajstić information content (AvgIpc) is 3.44. The summed E-state index contributed by atoms with van der Waals surface area (Å²) in [5.41, 5.74) is 5.72. The Balaban J connectivity index is 1.41.